The average molecular weight is 361 g/mol. The largest absolute Gasteiger partial charge is 0.454 e. The number of pyridine rings is 1. The van der Waals surface area contributed by atoms with Crippen molar-refractivity contribution in [3.8, 4) is 11.5 Å². The topological polar surface area (TPSA) is 55.7 Å². The molecule has 0 fully saturated rings. The Morgan fingerprint density at radius 2 is 2.00 bits per heavy atom. The van der Waals surface area contributed by atoms with Crippen molar-refractivity contribution in [1.82, 2.24) is 4.98 Å². The van der Waals surface area contributed by atoms with Crippen LogP contribution in [0.2, 0.25) is 0 Å². The van der Waals surface area contributed by atoms with Gasteiger partial charge in [-0.3, -0.25) is 10.4 Å². The minimum absolute atomic E-state index is 0.275. The van der Waals surface area contributed by atoms with E-state index in [9.17, 15) is 0 Å². The van der Waals surface area contributed by atoms with E-state index in [1.807, 2.05) is 31.2 Å². The van der Waals surface area contributed by atoms with Crippen molar-refractivity contribution in [1.29, 1.82) is 0 Å². The molecule has 27 heavy (non-hydrogen) atoms. The first-order valence-electron chi connectivity index (χ1n) is 9.32. The van der Waals surface area contributed by atoms with Crippen molar-refractivity contribution in [2.24, 2.45) is 5.10 Å². The molecule has 5 nitrogen and oxygen atoms in total. The molecule has 138 valence electrons. The maximum Gasteiger partial charge on any atom is 0.231 e. The fourth-order valence-electron chi connectivity index (χ4n) is 3.20. The van der Waals surface area contributed by atoms with E-state index in [1.54, 1.807) is 6.21 Å². The van der Waals surface area contributed by atoms with Gasteiger partial charge in [0.2, 0.25) is 6.79 Å². The third-order valence-electron chi connectivity index (χ3n) is 4.62. The molecule has 1 aliphatic heterocycles. The summed E-state index contributed by atoms with van der Waals surface area (Å²) in [5.41, 5.74) is 8.38. The third kappa shape index (κ3) is 3.87. The number of hydrazone groups is 1. The van der Waals surface area contributed by atoms with Crippen molar-refractivity contribution in [2.75, 3.05) is 12.2 Å². The highest BCUT2D eigenvalue weighted by atomic mass is 16.7. The monoisotopic (exact) mass is 361 g/mol. The van der Waals surface area contributed by atoms with Gasteiger partial charge in [-0.15, -0.1) is 0 Å². The van der Waals surface area contributed by atoms with Crippen molar-refractivity contribution in [3.63, 3.8) is 0 Å². The molecular weight excluding hydrogens is 338 g/mol. The maximum atomic E-state index is 5.41. The number of benzene rings is 2. The molecule has 0 atom stereocenters. The summed E-state index contributed by atoms with van der Waals surface area (Å²) in [5.74, 6) is 1.53. The fraction of sp³-hybridized carbons (Fsp3) is 0.273. The average Bonchev–Trinajstić information content (AvgIpc) is 3.14. The summed E-state index contributed by atoms with van der Waals surface area (Å²) in [7, 11) is 0. The van der Waals surface area contributed by atoms with Crippen LogP contribution in [0.3, 0.4) is 0 Å². The van der Waals surface area contributed by atoms with Crippen LogP contribution in [-0.4, -0.2) is 18.0 Å². The first-order chi connectivity index (χ1) is 13.2. The summed E-state index contributed by atoms with van der Waals surface area (Å²) in [5, 5.41) is 5.52. The molecule has 0 saturated heterocycles. The van der Waals surface area contributed by atoms with Crippen LogP contribution < -0.4 is 14.9 Å². The normalized spacial score (nSPS) is 12.8. The summed E-state index contributed by atoms with van der Waals surface area (Å²) in [6.07, 6.45) is 5.25. The Morgan fingerprint density at radius 3 is 2.89 bits per heavy atom. The zero-order valence-corrected chi connectivity index (χ0v) is 15.7. The lowest BCUT2D eigenvalue weighted by molar-refractivity contribution is 0.174. The number of anilines is 1. The molecule has 1 aliphatic rings. The second-order valence-corrected chi connectivity index (χ2v) is 6.75. The van der Waals surface area contributed by atoms with Crippen LogP contribution in [0.1, 0.15) is 36.6 Å². The van der Waals surface area contributed by atoms with E-state index in [0.717, 1.165) is 45.8 Å². The highest BCUT2D eigenvalue weighted by molar-refractivity contribution is 5.92. The number of nitrogens with one attached hydrogen (secondary N) is 1. The molecule has 2 aromatic carbocycles. The Hall–Kier alpha value is -3.08. The van der Waals surface area contributed by atoms with E-state index >= 15 is 0 Å². The van der Waals surface area contributed by atoms with Crippen molar-refractivity contribution >= 4 is 22.8 Å². The molecule has 0 spiro atoms. The van der Waals surface area contributed by atoms with Crippen molar-refractivity contribution in [3.05, 3.63) is 59.3 Å². The zero-order chi connectivity index (χ0) is 18.6. The smallest absolute Gasteiger partial charge is 0.231 e. The molecule has 5 heteroatoms. The first-order valence-corrected chi connectivity index (χ1v) is 9.32. The van der Waals surface area contributed by atoms with Gasteiger partial charge < -0.3 is 9.47 Å². The van der Waals surface area contributed by atoms with E-state index in [4.69, 9.17) is 9.47 Å². The molecule has 4 rings (SSSR count). The zero-order valence-electron chi connectivity index (χ0n) is 15.7. The van der Waals surface area contributed by atoms with Gasteiger partial charge in [-0.1, -0.05) is 19.4 Å². The Labute approximate surface area is 159 Å². The molecular formula is C22H23N3O2. The predicted octanol–water partition coefficient (Wildman–Crippen LogP) is 5.06. The summed E-state index contributed by atoms with van der Waals surface area (Å²) in [4.78, 5) is 4.64. The molecule has 0 amide bonds. The highest BCUT2D eigenvalue weighted by Crippen LogP contribution is 2.32. The second kappa shape index (κ2) is 7.66. The standard InChI is InChI=1S/C22H23N3O2/c1-3-4-5-16-6-8-19-18(11-16)20(10-15(2)24-19)25-23-13-17-7-9-21-22(12-17)27-14-26-21/h6-13H,3-5,14H2,1-2H3,(H,24,25). The molecule has 1 aromatic heterocycles. The first kappa shape index (κ1) is 17.3. The van der Waals surface area contributed by atoms with Gasteiger partial charge in [0.15, 0.2) is 11.5 Å². The molecule has 0 unspecified atom stereocenters. The van der Waals surface area contributed by atoms with E-state index < -0.39 is 0 Å². The van der Waals surface area contributed by atoms with Gasteiger partial charge in [-0.25, -0.2) is 0 Å². The number of ether oxygens (including phenoxy) is 2. The number of unbranched alkanes of at least 4 members (excludes halogenated alkanes) is 1. The SMILES string of the molecule is CCCCc1ccc2nc(C)cc(NN=Cc3ccc4c(c3)OCO4)c2c1. The lowest BCUT2D eigenvalue weighted by Crippen LogP contribution is -1.96. The van der Waals surface area contributed by atoms with E-state index in [1.165, 1.54) is 18.4 Å². The Morgan fingerprint density at radius 1 is 1.11 bits per heavy atom. The van der Waals surface area contributed by atoms with Crippen molar-refractivity contribution < 1.29 is 9.47 Å². The van der Waals surface area contributed by atoms with Gasteiger partial charge in [0.1, 0.15) is 0 Å². The molecule has 0 saturated carbocycles. The number of nitrogens with zero attached hydrogens (tertiary/aromatic N) is 2. The molecule has 0 bridgehead atoms. The molecule has 0 aliphatic carbocycles. The number of rotatable bonds is 6. The summed E-state index contributed by atoms with van der Waals surface area (Å²) in [6.45, 7) is 4.48. The molecule has 0 radical (unpaired) electrons. The van der Waals surface area contributed by atoms with Crippen molar-refractivity contribution in [2.45, 2.75) is 33.1 Å². The van der Waals surface area contributed by atoms with Gasteiger partial charge in [0.05, 0.1) is 17.4 Å². The number of aryl methyl sites for hydroxylation is 2. The van der Waals surface area contributed by atoms with Crippen LogP contribution in [0.25, 0.3) is 10.9 Å². The fourth-order valence-corrected chi connectivity index (χ4v) is 3.20. The predicted molar refractivity (Wildman–Crippen MR) is 109 cm³/mol. The van der Waals surface area contributed by atoms with Gasteiger partial charge in [0.25, 0.3) is 0 Å². The Balaban J connectivity index is 1.58. The molecule has 2 heterocycles. The van der Waals surface area contributed by atoms with Gasteiger partial charge in [0, 0.05) is 11.1 Å². The van der Waals surface area contributed by atoms with Gasteiger partial charge in [-0.2, -0.15) is 5.10 Å². The molecule has 3 aromatic rings. The summed E-state index contributed by atoms with van der Waals surface area (Å²) < 4.78 is 10.7. The van der Waals surface area contributed by atoms with Crippen LogP contribution in [0.4, 0.5) is 5.69 Å². The van der Waals surface area contributed by atoms with Gasteiger partial charge >= 0.3 is 0 Å². The summed E-state index contributed by atoms with van der Waals surface area (Å²) >= 11 is 0. The van der Waals surface area contributed by atoms with E-state index in [2.05, 4.69) is 40.6 Å². The number of fused-ring (bicyclic) bond motifs is 2. The maximum absolute atomic E-state index is 5.41. The van der Waals surface area contributed by atoms with Crippen LogP contribution in [-0.2, 0) is 6.42 Å². The second-order valence-electron chi connectivity index (χ2n) is 6.75. The number of hydrogen-bond donors (Lipinski definition) is 1. The minimum atomic E-state index is 0.275. The lowest BCUT2D eigenvalue weighted by atomic mass is 10.0. The Kier molecular flexibility index (Phi) is 4.92. The Bertz CT molecular complexity index is 998. The van der Waals surface area contributed by atoms with Gasteiger partial charge in [-0.05, 0) is 67.3 Å². The minimum Gasteiger partial charge on any atom is -0.454 e. The van der Waals surface area contributed by atoms with Crippen LogP contribution in [0.15, 0.2) is 47.6 Å². The van der Waals surface area contributed by atoms with E-state index in [0.29, 0.717) is 0 Å². The highest BCUT2D eigenvalue weighted by Gasteiger charge is 2.12. The quantitative estimate of drug-likeness (QED) is 0.492. The number of hydrogen-bond acceptors (Lipinski definition) is 5. The van der Waals surface area contributed by atoms with Crippen LogP contribution in [0, 0.1) is 6.92 Å². The van der Waals surface area contributed by atoms with E-state index in [-0.39, 0.29) is 6.79 Å². The van der Waals surface area contributed by atoms with Crippen LogP contribution in [0.5, 0.6) is 11.5 Å². The molecule has 1 N–H and O–H groups in total. The lowest BCUT2D eigenvalue weighted by Gasteiger charge is -2.09. The summed E-state index contributed by atoms with van der Waals surface area (Å²) in [6, 6.07) is 14.3. The third-order valence-corrected chi connectivity index (χ3v) is 4.62. The van der Waals surface area contributed by atoms with Crippen LogP contribution >= 0.6 is 0 Å². The number of aromatic nitrogens is 1.